The van der Waals surface area contributed by atoms with Crippen molar-refractivity contribution in [2.45, 2.75) is 32.1 Å². The number of hydrogen-bond acceptors (Lipinski definition) is 3. The van der Waals surface area contributed by atoms with Crippen molar-refractivity contribution < 1.29 is 22.8 Å². The molecule has 0 saturated heterocycles. The van der Waals surface area contributed by atoms with Gasteiger partial charge in [0.05, 0.1) is 0 Å². The zero-order chi connectivity index (χ0) is 20.4. The van der Waals surface area contributed by atoms with Crippen LogP contribution in [-0.2, 0) is 4.79 Å². The van der Waals surface area contributed by atoms with Crippen LogP contribution in [-0.4, -0.2) is 11.8 Å². The largest absolute Gasteiger partial charge is 0.449 e. The highest BCUT2D eigenvalue weighted by molar-refractivity contribution is 6.14. The number of hydrogen-bond donors (Lipinski definition) is 2. The lowest BCUT2D eigenvalue weighted by atomic mass is 9.88. The molecule has 1 aliphatic rings. The van der Waals surface area contributed by atoms with Gasteiger partial charge in [0.15, 0.2) is 11.6 Å². The third-order valence-electron chi connectivity index (χ3n) is 5.20. The molecule has 2 amide bonds. The Bertz CT molecular complexity index is 1070. The predicted octanol–water partition coefficient (Wildman–Crippen LogP) is 5.48. The van der Waals surface area contributed by atoms with Gasteiger partial charge in [-0.1, -0.05) is 31.4 Å². The van der Waals surface area contributed by atoms with E-state index >= 15 is 0 Å². The Balaban J connectivity index is 1.64. The number of para-hydroxylation sites is 1. The van der Waals surface area contributed by atoms with E-state index in [1.807, 2.05) is 0 Å². The molecule has 2 aromatic carbocycles. The average Bonchev–Trinajstić information content (AvgIpc) is 3.10. The van der Waals surface area contributed by atoms with E-state index in [4.69, 9.17) is 4.42 Å². The van der Waals surface area contributed by atoms with Gasteiger partial charge in [-0.05, 0) is 37.1 Å². The molecular formula is C22H20F2N2O3. The van der Waals surface area contributed by atoms with Crippen LogP contribution in [0.25, 0.3) is 11.0 Å². The van der Waals surface area contributed by atoms with Gasteiger partial charge in [-0.25, -0.2) is 8.78 Å². The Hall–Kier alpha value is -3.22. The van der Waals surface area contributed by atoms with Gasteiger partial charge in [0.25, 0.3) is 5.91 Å². The molecule has 1 saturated carbocycles. The molecule has 5 nitrogen and oxygen atoms in total. The number of nitrogens with one attached hydrogen (secondary N) is 2. The molecule has 150 valence electrons. The van der Waals surface area contributed by atoms with Gasteiger partial charge >= 0.3 is 0 Å². The van der Waals surface area contributed by atoms with Crippen LogP contribution < -0.4 is 10.6 Å². The first kappa shape index (κ1) is 19.1. The van der Waals surface area contributed by atoms with E-state index < -0.39 is 17.5 Å². The summed E-state index contributed by atoms with van der Waals surface area (Å²) in [7, 11) is 0. The number of furan rings is 1. The lowest BCUT2D eigenvalue weighted by Crippen LogP contribution is -2.25. The van der Waals surface area contributed by atoms with Crippen LogP contribution in [0.3, 0.4) is 0 Å². The Labute approximate surface area is 166 Å². The average molecular weight is 398 g/mol. The number of amides is 2. The summed E-state index contributed by atoms with van der Waals surface area (Å²) in [5.74, 6) is -3.06. The van der Waals surface area contributed by atoms with Gasteiger partial charge in [-0.15, -0.1) is 0 Å². The summed E-state index contributed by atoms with van der Waals surface area (Å²) in [6.07, 6.45) is 4.78. The molecule has 29 heavy (non-hydrogen) atoms. The summed E-state index contributed by atoms with van der Waals surface area (Å²) in [4.78, 5) is 25.5. The predicted molar refractivity (Wildman–Crippen MR) is 106 cm³/mol. The van der Waals surface area contributed by atoms with Crippen molar-refractivity contribution in [2.75, 3.05) is 10.6 Å². The fraction of sp³-hybridized carbons (Fsp3) is 0.273. The van der Waals surface area contributed by atoms with Crippen molar-refractivity contribution in [2.24, 2.45) is 5.92 Å². The number of halogens is 2. The Kier molecular flexibility index (Phi) is 5.29. The second-order valence-electron chi connectivity index (χ2n) is 7.21. The van der Waals surface area contributed by atoms with Crippen molar-refractivity contribution in [1.29, 1.82) is 0 Å². The molecule has 0 atom stereocenters. The zero-order valence-electron chi connectivity index (χ0n) is 15.6. The quantitative estimate of drug-likeness (QED) is 0.611. The number of fused-ring (bicyclic) bond motifs is 1. The van der Waals surface area contributed by atoms with Crippen LogP contribution in [0.2, 0.25) is 0 Å². The number of anilines is 2. The van der Waals surface area contributed by atoms with Crippen LogP contribution in [0, 0.1) is 17.6 Å². The normalized spacial score (nSPS) is 14.7. The molecule has 1 fully saturated rings. The van der Waals surface area contributed by atoms with Crippen LogP contribution in [0.4, 0.5) is 20.2 Å². The summed E-state index contributed by atoms with van der Waals surface area (Å²) >= 11 is 0. The SMILES string of the molecule is O=C(Nc1ccc(F)c(F)c1)c1oc2ccccc2c1NC(=O)C1CCCCC1. The maximum Gasteiger partial charge on any atom is 0.293 e. The highest BCUT2D eigenvalue weighted by atomic mass is 19.2. The number of benzene rings is 2. The first-order valence-electron chi connectivity index (χ1n) is 9.62. The van der Waals surface area contributed by atoms with Crippen molar-refractivity contribution in [1.82, 2.24) is 0 Å². The van der Waals surface area contributed by atoms with E-state index in [1.54, 1.807) is 24.3 Å². The third kappa shape index (κ3) is 3.99. The van der Waals surface area contributed by atoms with E-state index in [1.165, 1.54) is 6.07 Å². The van der Waals surface area contributed by atoms with Gasteiger partial charge in [-0.2, -0.15) is 0 Å². The molecule has 3 aromatic rings. The number of carbonyl (C=O) groups is 2. The molecule has 1 aliphatic carbocycles. The van der Waals surface area contributed by atoms with Gasteiger partial charge in [0, 0.05) is 23.1 Å². The minimum absolute atomic E-state index is 0.0823. The topological polar surface area (TPSA) is 71.3 Å². The molecule has 0 aliphatic heterocycles. The van der Waals surface area contributed by atoms with Crippen LogP contribution in [0.5, 0.6) is 0 Å². The van der Waals surface area contributed by atoms with E-state index in [0.29, 0.717) is 11.0 Å². The molecule has 0 bridgehead atoms. The lowest BCUT2D eigenvalue weighted by Gasteiger charge is -2.20. The van der Waals surface area contributed by atoms with Gasteiger partial charge < -0.3 is 15.1 Å². The minimum Gasteiger partial charge on any atom is -0.449 e. The molecular weight excluding hydrogens is 378 g/mol. The Morgan fingerprint density at radius 1 is 0.931 bits per heavy atom. The van der Waals surface area contributed by atoms with Gasteiger partial charge in [0.1, 0.15) is 11.3 Å². The molecule has 7 heteroatoms. The van der Waals surface area contributed by atoms with Crippen molar-refractivity contribution in [3.05, 3.63) is 59.9 Å². The van der Waals surface area contributed by atoms with Crippen LogP contribution >= 0.6 is 0 Å². The summed E-state index contributed by atoms with van der Waals surface area (Å²) in [5, 5.41) is 5.96. The highest BCUT2D eigenvalue weighted by Crippen LogP contribution is 2.33. The van der Waals surface area contributed by atoms with Gasteiger partial charge in [0.2, 0.25) is 11.7 Å². The Morgan fingerprint density at radius 2 is 1.69 bits per heavy atom. The van der Waals surface area contributed by atoms with Crippen molar-refractivity contribution in [3.63, 3.8) is 0 Å². The Morgan fingerprint density at radius 3 is 2.45 bits per heavy atom. The highest BCUT2D eigenvalue weighted by Gasteiger charge is 2.26. The van der Waals surface area contributed by atoms with Gasteiger partial charge in [-0.3, -0.25) is 9.59 Å². The molecule has 1 heterocycles. The summed E-state index contributed by atoms with van der Waals surface area (Å²) < 4.78 is 32.3. The second kappa shape index (κ2) is 8.03. The van der Waals surface area contributed by atoms with E-state index in [-0.39, 0.29) is 29.0 Å². The number of carbonyl (C=O) groups excluding carboxylic acids is 2. The molecule has 4 rings (SSSR count). The molecule has 0 radical (unpaired) electrons. The summed E-state index contributed by atoms with van der Waals surface area (Å²) in [6.45, 7) is 0. The van der Waals surface area contributed by atoms with Crippen molar-refractivity contribution >= 4 is 34.2 Å². The second-order valence-corrected chi connectivity index (χ2v) is 7.21. The maximum absolute atomic E-state index is 13.4. The molecule has 1 aromatic heterocycles. The fourth-order valence-electron chi connectivity index (χ4n) is 3.68. The standard InChI is InChI=1S/C22H20F2N2O3/c23-16-11-10-14(12-17(16)24)25-22(28)20-19(15-8-4-5-9-18(15)29-20)26-21(27)13-6-2-1-3-7-13/h4-5,8-13H,1-3,6-7H2,(H,25,28)(H,26,27). The maximum atomic E-state index is 13.4. The van der Waals surface area contributed by atoms with Crippen LogP contribution in [0.15, 0.2) is 46.9 Å². The summed E-state index contributed by atoms with van der Waals surface area (Å²) in [6, 6.07) is 10.1. The number of rotatable bonds is 4. The van der Waals surface area contributed by atoms with Crippen LogP contribution in [0.1, 0.15) is 42.7 Å². The summed E-state index contributed by atoms with van der Waals surface area (Å²) in [5.41, 5.74) is 0.817. The molecule has 0 unspecified atom stereocenters. The van der Waals surface area contributed by atoms with Crippen molar-refractivity contribution in [3.8, 4) is 0 Å². The van der Waals surface area contributed by atoms with E-state index in [0.717, 1.165) is 44.2 Å². The zero-order valence-corrected chi connectivity index (χ0v) is 15.6. The first-order chi connectivity index (χ1) is 14.0. The smallest absolute Gasteiger partial charge is 0.293 e. The minimum atomic E-state index is -1.07. The molecule has 0 spiro atoms. The van der Waals surface area contributed by atoms with E-state index in [2.05, 4.69) is 10.6 Å². The monoisotopic (exact) mass is 398 g/mol. The first-order valence-corrected chi connectivity index (χ1v) is 9.62. The third-order valence-corrected chi connectivity index (χ3v) is 5.20. The lowest BCUT2D eigenvalue weighted by molar-refractivity contribution is -0.120. The molecule has 2 N–H and O–H groups in total. The fourth-order valence-corrected chi connectivity index (χ4v) is 3.68. The van der Waals surface area contributed by atoms with E-state index in [9.17, 15) is 18.4 Å².